The number of benzene rings is 1. The molecule has 4 aliphatic heterocycles. The van der Waals surface area contributed by atoms with Gasteiger partial charge in [0, 0.05) is 69.3 Å². The lowest BCUT2D eigenvalue weighted by Gasteiger charge is -2.50. The predicted molar refractivity (Wildman–Crippen MR) is 266 cm³/mol. The molecule has 0 aromatic heterocycles. The Kier molecular flexibility index (Phi) is 19.0. The van der Waals surface area contributed by atoms with Gasteiger partial charge in [0.05, 0.1) is 54.7 Å². The molecule has 1 unspecified atom stereocenters. The summed E-state index contributed by atoms with van der Waals surface area (Å²) >= 11 is 0. The van der Waals surface area contributed by atoms with Crippen LogP contribution in [0, 0.1) is 29.6 Å². The summed E-state index contributed by atoms with van der Waals surface area (Å²) in [6, 6.07) is 6.88. The van der Waals surface area contributed by atoms with Gasteiger partial charge in [-0.05, 0) is 99.7 Å². The van der Waals surface area contributed by atoms with Gasteiger partial charge in [-0.15, -0.1) is 0 Å². The van der Waals surface area contributed by atoms with Crippen LogP contribution in [0.15, 0.2) is 24.3 Å². The molecule has 402 valence electrons. The number of nitrogens with zero attached hydrogens (tertiary/aromatic N) is 2. The van der Waals surface area contributed by atoms with E-state index < -0.39 is 95.4 Å². The highest BCUT2D eigenvalue weighted by atomic mass is 16.7. The van der Waals surface area contributed by atoms with E-state index >= 15 is 0 Å². The number of hydrogen-bond acceptors (Lipinski definition) is 16. The van der Waals surface area contributed by atoms with Crippen molar-refractivity contribution >= 4 is 12.1 Å². The third-order valence-corrected chi connectivity index (χ3v) is 17.1. The van der Waals surface area contributed by atoms with E-state index in [2.05, 4.69) is 49.0 Å². The molecule has 4 fully saturated rings. The van der Waals surface area contributed by atoms with Crippen molar-refractivity contribution < 1.29 is 62.4 Å². The number of alkyl carbamates (subject to hydrolysis) is 1. The van der Waals surface area contributed by atoms with Crippen LogP contribution in [0.4, 0.5) is 4.79 Å². The zero-order valence-electron chi connectivity index (χ0n) is 45.8. The highest BCUT2D eigenvalue weighted by Crippen LogP contribution is 2.49. The van der Waals surface area contributed by atoms with Crippen molar-refractivity contribution in [2.75, 3.05) is 55.1 Å². The van der Waals surface area contributed by atoms with Crippen LogP contribution in [0.25, 0.3) is 0 Å². The second kappa shape index (κ2) is 22.8. The van der Waals surface area contributed by atoms with Crippen LogP contribution in [0.3, 0.4) is 0 Å². The number of ether oxygens (including phenoxy) is 9. The van der Waals surface area contributed by atoms with Crippen LogP contribution < -0.4 is 15.8 Å². The lowest BCUT2D eigenvalue weighted by molar-refractivity contribution is -0.302. The summed E-state index contributed by atoms with van der Waals surface area (Å²) in [5, 5.41) is 27.5. The van der Waals surface area contributed by atoms with Crippen molar-refractivity contribution in [3.8, 4) is 5.75 Å². The van der Waals surface area contributed by atoms with Crippen molar-refractivity contribution in [2.24, 2.45) is 35.3 Å². The van der Waals surface area contributed by atoms with E-state index in [0.29, 0.717) is 32.4 Å². The van der Waals surface area contributed by atoms with Crippen LogP contribution in [0.2, 0.25) is 0 Å². The highest BCUT2D eigenvalue weighted by molar-refractivity contribution is 5.74. The normalized spacial score (nSPS) is 37.6. The average molecular weight is 993 g/mol. The first-order valence-electron chi connectivity index (χ1n) is 25.7. The summed E-state index contributed by atoms with van der Waals surface area (Å²) in [4.78, 5) is 32.3. The number of cyclic esters (lactones) is 1. The number of carbonyl (C=O) groups excluding carboxylic acids is 2. The minimum atomic E-state index is -1.44. The van der Waals surface area contributed by atoms with Gasteiger partial charge in [0.2, 0.25) is 0 Å². The summed E-state index contributed by atoms with van der Waals surface area (Å²) in [5.41, 5.74) is 2.23. The molecule has 0 spiro atoms. The van der Waals surface area contributed by atoms with Crippen molar-refractivity contribution in [3.05, 3.63) is 29.8 Å². The number of rotatable bonds is 19. The van der Waals surface area contributed by atoms with Gasteiger partial charge >= 0.3 is 12.1 Å². The van der Waals surface area contributed by atoms with Crippen molar-refractivity contribution in [1.29, 1.82) is 0 Å². The number of methoxy groups -OCH3 is 3. The first-order chi connectivity index (χ1) is 32.6. The molecule has 17 heteroatoms. The lowest BCUT2D eigenvalue weighted by Crippen LogP contribution is -2.64. The number of carbonyl (C=O) groups is 2. The van der Waals surface area contributed by atoms with E-state index in [9.17, 15) is 19.8 Å². The second-order valence-corrected chi connectivity index (χ2v) is 22.8. The van der Waals surface area contributed by atoms with Gasteiger partial charge in [-0.2, -0.15) is 0 Å². The third kappa shape index (κ3) is 11.6. The standard InChI is InChI=1S/C53H92N4O13/c1-19-39-52(13)44(55-48(60)70-52)33(6)42-31(4)27-50(11,69-42)45(68-47-41(58)37(54)26-32(5)65-47)34(7)43(35(8)46(59)66-39)67-40(63-17)28-51(12,64-18)53(61,30(2)3)29-56(14)24-25-57(15)49(9,10)36-22-20-21-23-38(36)62-16/h20-23,30-35,37,39-45,47,58,61H,19,24-29,54H2,1-18H3,(H,55,60)/t31-,32-,33+,34+,35-,37+,39-,40+,41-,42?,43+,44-,45-,47+,50-,51-,52-,53-/m1/s1. The SMILES string of the molecule is CC[C@H]1OC(=O)[C@H](C)[C@@H](O[C@@H](C[C@@](C)(OC)[C@@](O)(CN(C)CCN(C)C(C)(C)c2ccccc2OC)C(C)C)OC)[C@H](C)[C@@H](O[C@@H]2O[C@H](C)C[C@H](N)[C@H]2O)[C@@]2(C)C[C@@H](C)C(O2)[C@H](C)[C@H]2NC(=O)O[C@@]21C. The fourth-order valence-corrected chi connectivity index (χ4v) is 12.3. The summed E-state index contributed by atoms with van der Waals surface area (Å²) in [7, 11) is 8.88. The van der Waals surface area contributed by atoms with E-state index in [1.54, 1.807) is 21.1 Å². The number of aliphatic hydroxyl groups is 2. The molecule has 0 aliphatic carbocycles. The molecule has 1 aromatic rings. The molecule has 5 N–H and O–H groups in total. The van der Waals surface area contributed by atoms with Crippen molar-refractivity contribution in [3.63, 3.8) is 0 Å². The molecule has 5 rings (SSSR count). The van der Waals surface area contributed by atoms with Gasteiger partial charge in [0.25, 0.3) is 0 Å². The molecule has 70 heavy (non-hydrogen) atoms. The van der Waals surface area contributed by atoms with Crippen LogP contribution >= 0.6 is 0 Å². The minimum Gasteiger partial charge on any atom is -0.496 e. The van der Waals surface area contributed by atoms with Gasteiger partial charge < -0.3 is 68.8 Å². The van der Waals surface area contributed by atoms with Gasteiger partial charge in [-0.1, -0.05) is 59.7 Å². The number of aliphatic hydroxyl groups excluding tert-OH is 1. The Morgan fingerprint density at radius 1 is 1.00 bits per heavy atom. The monoisotopic (exact) mass is 993 g/mol. The number of esters is 1. The molecular formula is C53H92N4O13. The van der Waals surface area contributed by atoms with Crippen molar-refractivity contribution in [2.45, 2.75) is 205 Å². The molecular weight excluding hydrogens is 901 g/mol. The van der Waals surface area contributed by atoms with Gasteiger partial charge in [-0.25, -0.2) is 4.79 Å². The summed E-state index contributed by atoms with van der Waals surface area (Å²) < 4.78 is 58.3. The molecule has 4 saturated heterocycles. The topological polar surface area (TPSA) is 202 Å². The maximum atomic E-state index is 14.8. The number of nitrogens with two attached hydrogens (primary N) is 1. The largest absolute Gasteiger partial charge is 0.496 e. The van der Waals surface area contributed by atoms with Gasteiger partial charge in [0.15, 0.2) is 18.2 Å². The number of para-hydroxylation sites is 1. The molecule has 4 heterocycles. The smallest absolute Gasteiger partial charge is 0.408 e. The van der Waals surface area contributed by atoms with Crippen molar-refractivity contribution in [1.82, 2.24) is 15.1 Å². The maximum absolute atomic E-state index is 14.8. The van der Waals surface area contributed by atoms with E-state index in [0.717, 1.165) is 11.3 Å². The Bertz CT molecular complexity index is 1890. The Morgan fingerprint density at radius 3 is 2.26 bits per heavy atom. The molecule has 0 saturated carbocycles. The zero-order valence-corrected chi connectivity index (χ0v) is 45.8. The fourth-order valence-electron chi connectivity index (χ4n) is 12.3. The van der Waals surface area contributed by atoms with Crippen LogP contribution in [-0.4, -0.2) is 171 Å². The van der Waals surface area contributed by atoms with Crippen LogP contribution in [0.5, 0.6) is 5.75 Å². The fraction of sp³-hybridized carbons (Fsp3) is 0.849. The first kappa shape index (κ1) is 58.2. The molecule has 1 amide bonds. The molecule has 4 aliphatic rings. The number of amides is 1. The molecule has 2 bridgehead atoms. The summed E-state index contributed by atoms with van der Waals surface area (Å²) in [5.74, 6) is -1.97. The Balaban J connectivity index is 1.50. The number of hydrogen-bond donors (Lipinski definition) is 4. The predicted octanol–water partition coefficient (Wildman–Crippen LogP) is 5.84. The molecule has 1 aromatic carbocycles. The molecule has 0 radical (unpaired) electrons. The van der Waals surface area contributed by atoms with Crippen LogP contribution in [0.1, 0.15) is 121 Å². The Labute approximate surface area is 419 Å². The quantitative estimate of drug-likeness (QED) is 0.0951. The zero-order chi connectivity index (χ0) is 52.5. The summed E-state index contributed by atoms with van der Waals surface area (Å²) in [6.07, 6.45) is -5.86. The highest BCUT2D eigenvalue weighted by Gasteiger charge is 2.61. The van der Waals surface area contributed by atoms with E-state index in [-0.39, 0.29) is 48.5 Å². The van der Waals surface area contributed by atoms with Gasteiger partial charge in [-0.3, -0.25) is 9.69 Å². The Hall–Kier alpha value is -2.68. The Morgan fingerprint density at radius 2 is 1.66 bits per heavy atom. The van der Waals surface area contributed by atoms with E-state index in [1.807, 2.05) is 87.6 Å². The molecule has 17 nitrogen and oxygen atoms in total. The minimum absolute atomic E-state index is 0.0268. The van der Waals surface area contributed by atoms with E-state index in [1.165, 1.54) is 7.11 Å². The first-order valence-corrected chi connectivity index (χ1v) is 25.7. The number of fused-ring (bicyclic) bond motifs is 3. The summed E-state index contributed by atoms with van der Waals surface area (Å²) in [6.45, 7) is 27.1. The number of nitrogens with one attached hydrogen (secondary N) is 1. The van der Waals surface area contributed by atoms with Crippen LogP contribution in [-0.2, 0) is 48.2 Å². The second-order valence-electron chi connectivity index (χ2n) is 22.8. The van der Waals surface area contributed by atoms with E-state index in [4.69, 9.17) is 48.4 Å². The van der Waals surface area contributed by atoms with Gasteiger partial charge in [0.1, 0.15) is 23.6 Å². The molecule has 18 atom stereocenters. The third-order valence-electron chi connectivity index (χ3n) is 17.1. The maximum Gasteiger partial charge on any atom is 0.408 e. The lowest BCUT2D eigenvalue weighted by atomic mass is 9.73. The average Bonchev–Trinajstić information content (AvgIpc) is 3.80. The number of likely N-dealkylation sites (N-methyl/N-ethyl adjacent to an activating group) is 2.